The first kappa shape index (κ1) is 15.5. The van der Waals surface area contributed by atoms with Gasteiger partial charge in [-0.2, -0.15) is 8.42 Å². The van der Waals surface area contributed by atoms with Crippen molar-refractivity contribution in [3.63, 3.8) is 0 Å². The third kappa shape index (κ3) is 3.43. The van der Waals surface area contributed by atoms with Crippen LogP contribution in [0, 0.1) is 0 Å². The lowest BCUT2D eigenvalue weighted by Gasteiger charge is -2.13. The molecule has 0 bridgehead atoms. The van der Waals surface area contributed by atoms with Gasteiger partial charge >= 0.3 is 0 Å². The van der Waals surface area contributed by atoms with Crippen molar-refractivity contribution in [2.45, 2.75) is 31.1 Å². The number of hydrogen-bond acceptors (Lipinski definition) is 3. The lowest BCUT2D eigenvalue weighted by atomic mass is 10.0. The second-order valence-corrected chi connectivity index (χ2v) is 6.25. The molecule has 0 radical (unpaired) electrons. The Balaban J connectivity index is 2.65. The van der Waals surface area contributed by atoms with E-state index in [0.29, 0.717) is 23.1 Å². The van der Waals surface area contributed by atoms with Crippen LogP contribution in [0.4, 0.5) is 0 Å². The van der Waals surface area contributed by atoms with E-state index in [4.69, 9.17) is 0 Å². The maximum absolute atomic E-state index is 11.7. The number of unbranched alkanes of at least 4 members (excludes halogenated alkanes) is 1. The molecule has 0 saturated carbocycles. The molecule has 0 amide bonds. The van der Waals surface area contributed by atoms with E-state index in [1.165, 1.54) is 0 Å². The molecule has 21 heavy (non-hydrogen) atoms. The summed E-state index contributed by atoms with van der Waals surface area (Å²) in [7, 11) is -4.51. The smallest absolute Gasteiger partial charge is 0.298 e. The zero-order valence-electron chi connectivity index (χ0n) is 11.8. The van der Waals surface area contributed by atoms with E-state index in [9.17, 15) is 18.1 Å². The minimum absolute atomic E-state index is 0.302. The Morgan fingerprint density at radius 2 is 1.71 bits per heavy atom. The quantitative estimate of drug-likeness (QED) is 0.827. The maximum atomic E-state index is 11.7. The zero-order chi connectivity index (χ0) is 15.5. The fraction of sp³-hybridized carbons (Fsp3) is 0.250. The SMILES string of the molecule is CCCCc1ccc(-c2ccccc2)c(S(=O)(=O)O)c1O. The fourth-order valence-corrected chi connectivity index (χ4v) is 3.13. The van der Waals surface area contributed by atoms with E-state index >= 15 is 0 Å². The third-order valence-electron chi connectivity index (χ3n) is 3.36. The van der Waals surface area contributed by atoms with Gasteiger partial charge in [0.05, 0.1) is 0 Å². The first-order valence-corrected chi connectivity index (χ1v) is 8.27. The largest absolute Gasteiger partial charge is 0.506 e. The Hall–Kier alpha value is -1.85. The highest BCUT2D eigenvalue weighted by molar-refractivity contribution is 7.86. The predicted octanol–water partition coefficient (Wildman–Crippen LogP) is 3.65. The number of aryl methyl sites for hydroxylation is 1. The summed E-state index contributed by atoms with van der Waals surface area (Å²) in [6.45, 7) is 2.01. The van der Waals surface area contributed by atoms with E-state index in [-0.39, 0.29) is 5.75 Å². The highest BCUT2D eigenvalue weighted by Crippen LogP contribution is 2.37. The summed E-state index contributed by atoms with van der Waals surface area (Å²) in [4.78, 5) is -0.415. The monoisotopic (exact) mass is 306 g/mol. The van der Waals surface area contributed by atoms with Crippen molar-refractivity contribution in [2.24, 2.45) is 0 Å². The molecule has 0 atom stereocenters. The Morgan fingerprint density at radius 1 is 1.05 bits per heavy atom. The van der Waals surface area contributed by atoms with Gasteiger partial charge in [-0.25, -0.2) is 0 Å². The molecule has 0 unspecified atom stereocenters. The van der Waals surface area contributed by atoms with E-state index in [0.717, 1.165) is 12.8 Å². The standard InChI is InChI=1S/C16H18O4S/c1-2-3-7-13-10-11-14(12-8-5-4-6-9-12)16(15(13)17)21(18,19)20/h4-6,8-11,17H,2-3,7H2,1H3,(H,18,19,20). The maximum Gasteiger partial charge on any atom is 0.298 e. The minimum Gasteiger partial charge on any atom is -0.506 e. The van der Waals surface area contributed by atoms with E-state index < -0.39 is 15.0 Å². The van der Waals surface area contributed by atoms with Gasteiger partial charge in [0.2, 0.25) is 0 Å². The molecule has 112 valence electrons. The molecule has 5 heteroatoms. The van der Waals surface area contributed by atoms with Crippen LogP contribution < -0.4 is 0 Å². The van der Waals surface area contributed by atoms with Gasteiger partial charge in [-0.3, -0.25) is 4.55 Å². The van der Waals surface area contributed by atoms with Crippen molar-refractivity contribution in [1.29, 1.82) is 0 Å². The first-order valence-electron chi connectivity index (χ1n) is 6.83. The van der Waals surface area contributed by atoms with Crippen LogP contribution in [0.2, 0.25) is 0 Å². The van der Waals surface area contributed by atoms with Gasteiger partial charge in [-0.1, -0.05) is 55.8 Å². The number of aromatic hydroxyl groups is 1. The molecule has 0 fully saturated rings. The lowest BCUT2D eigenvalue weighted by Crippen LogP contribution is -2.03. The van der Waals surface area contributed by atoms with E-state index in [2.05, 4.69) is 0 Å². The van der Waals surface area contributed by atoms with Crippen LogP contribution in [0.5, 0.6) is 5.75 Å². The van der Waals surface area contributed by atoms with E-state index in [1.54, 1.807) is 36.4 Å². The van der Waals surface area contributed by atoms with Crippen LogP contribution in [0.1, 0.15) is 25.3 Å². The molecule has 2 rings (SSSR count). The van der Waals surface area contributed by atoms with Crippen LogP contribution in [-0.4, -0.2) is 18.1 Å². The molecule has 0 aliphatic carbocycles. The topological polar surface area (TPSA) is 74.6 Å². The van der Waals surface area contributed by atoms with Crippen molar-refractivity contribution in [3.8, 4) is 16.9 Å². The fourth-order valence-electron chi connectivity index (χ4n) is 2.29. The normalized spacial score (nSPS) is 11.5. The summed E-state index contributed by atoms with van der Waals surface area (Å²) >= 11 is 0. The predicted molar refractivity (Wildman–Crippen MR) is 82.0 cm³/mol. The second kappa shape index (κ2) is 6.28. The Kier molecular flexibility index (Phi) is 4.65. The number of phenolic OH excluding ortho intramolecular Hbond substituents is 1. The molecular weight excluding hydrogens is 288 g/mol. The minimum atomic E-state index is -4.51. The van der Waals surface area contributed by atoms with Gasteiger partial charge < -0.3 is 5.11 Å². The van der Waals surface area contributed by atoms with Gasteiger partial charge in [0.15, 0.2) is 0 Å². The first-order chi connectivity index (χ1) is 9.95. The second-order valence-electron chi connectivity index (χ2n) is 4.89. The summed E-state index contributed by atoms with van der Waals surface area (Å²) in [5, 5.41) is 10.3. The van der Waals surface area contributed by atoms with Crippen LogP contribution >= 0.6 is 0 Å². The highest BCUT2D eigenvalue weighted by atomic mass is 32.2. The molecule has 2 N–H and O–H groups in total. The Morgan fingerprint density at radius 3 is 2.29 bits per heavy atom. The summed E-state index contributed by atoms with van der Waals surface area (Å²) < 4.78 is 32.8. The molecule has 2 aromatic rings. The number of phenols is 1. The van der Waals surface area contributed by atoms with Crippen LogP contribution in [0.15, 0.2) is 47.4 Å². The third-order valence-corrected chi connectivity index (χ3v) is 4.29. The van der Waals surface area contributed by atoms with Crippen molar-refractivity contribution in [3.05, 3.63) is 48.0 Å². The van der Waals surface area contributed by atoms with Crippen molar-refractivity contribution < 1.29 is 18.1 Å². The molecule has 0 aromatic heterocycles. The molecular formula is C16H18O4S. The van der Waals surface area contributed by atoms with Crippen LogP contribution in [0.3, 0.4) is 0 Å². The van der Waals surface area contributed by atoms with Gasteiger partial charge in [0.25, 0.3) is 10.1 Å². The summed E-state index contributed by atoms with van der Waals surface area (Å²) in [5.41, 5.74) is 1.46. The number of hydrogen-bond donors (Lipinski definition) is 2. The van der Waals surface area contributed by atoms with Crippen molar-refractivity contribution >= 4 is 10.1 Å². The van der Waals surface area contributed by atoms with Gasteiger partial charge in [0.1, 0.15) is 10.6 Å². The van der Waals surface area contributed by atoms with Crippen LogP contribution in [-0.2, 0) is 16.5 Å². The number of rotatable bonds is 5. The van der Waals surface area contributed by atoms with Gasteiger partial charge in [-0.05, 0) is 24.0 Å². The molecule has 2 aromatic carbocycles. The summed E-state index contributed by atoms with van der Waals surface area (Å²) in [5.74, 6) is -0.354. The molecule has 0 aliphatic heterocycles. The van der Waals surface area contributed by atoms with E-state index in [1.807, 2.05) is 13.0 Å². The molecule has 0 aliphatic rings. The van der Waals surface area contributed by atoms with Crippen molar-refractivity contribution in [2.75, 3.05) is 0 Å². The van der Waals surface area contributed by atoms with Crippen LogP contribution in [0.25, 0.3) is 11.1 Å². The summed E-state index contributed by atoms with van der Waals surface area (Å²) in [6, 6.07) is 12.2. The van der Waals surface area contributed by atoms with Gasteiger partial charge in [-0.15, -0.1) is 0 Å². The van der Waals surface area contributed by atoms with Crippen molar-refractivity contribution in [1.82, 2.24) is 0 Å². The van der Waals surface area contributed by atoms with Gasteiger partial charge in [0, 0.05) is 5.56 Å². The highest BCUT2D eigenvalue weighted by Gasteiger charge is 2.23. The number of benzene rings is 2. The average Bonchev–Trinajstić information content (AvgIpc) is 2.45. The zero-order valence-corrected chi connectivity index (χ0v) is 12.6. The molecule has 0 saturated heterocycles. The molecule has 0 spiro atoms. The summed E-state index contributed by atoms with van der Waals surface area (Å²) in [6.07, 6.45) is 2.34. The molecule has 4 nitrogen and oxygen atoms in total. The Labute approximate surface area is 124 Å². The lowest BCUT2D eigenvalue weighted by molar-refractivity contribution is 0.438. The Bertz CT molecular complexity index is 721. The molecule has 0 heterocycles. The average molecular weight is 306 g/mol.